The van der Waals surface area contributed by atoms with Crippen LogP contribution < -0.4 is 3.53 Å². The van der Waals surface area contributed by atoms with Crippen molar-refractivity contribution < 1.29 is 9.59 Å². The molecule has 0 spiro atoms. The Labute approximate surface area is 93.9 Å². The Morgan fingerprint density at radius 3 is 2.57 bits per heavy atom. The first-order valence-corrected chi connectivity index (χ1v) is 4.95. The first-order valence-electron chi connectivity index (χ1n) is 3.87. The highest BCUT2D eigenvalue weighted by molar-refractivity contribution is 14.1. The molecule has 2 rings (SSSR count). The number of rotatable bonds is 1. The molecule has 1 aliphatic heterocycles. The minimum absolute atomic E-state index is 0.194. The van der Waals surface area contributed by atoms with E-state index in [4.69, 9.17) is 0 Å². The van der Waals surface area contributed by atoms with Gasteiger partial charge in [-0.3, -0.25) is 13.1 Å². The highest BCUT2D eigenvalue weighted by Gasteiger charge is 2.26. The summed E-state index contributed by atoms with van der Waals surface area (Å²) in [6.07, 6.45) is 0. The van der Waals surface area contributed by atoms with Crippen LogP contribution in [0.25, 0.3) is 0 Å². The number of fused-ring (bicyclic) bond motifs is 1. The predicted molar refractivity (Wildman–Crippen MR) is 59.5 cm³/mol. The second-order valence-electron chi connectivity index (χ2n) is 2.73. The molecule has 0 aromatic heterocycles. The van der Waals surface area contributed by atoms with E-state index in [0.717, 1.165) is 0 Å². The molecule has 1 heterocycles. The molecular weight excluding hydrogens is 295 g/mol. The second kappa shape index (κ2) is 3.49. The van der Waals surface area contributed by atoms with Crippen molar-refractivity contribution >= 4 is 40.4 Å². The summed E-state index contributed by atoms with van der Waals surface area (Å²) in [5.74, 6) is -0.695. The zero-order chi connectivity index (χ0) is 10.1. The zero-order valence-corrected chi connectivity index (χ0v) is 9.11. The van der Waals surface area contributed by atoms with Crippen LogP contribution in [0.15, 0.2) is 29.3 Å². The van der Waals surface area contributed by atoms with Crippen LogP contribution in [-0.2, 0) is 4.79 Å². The quantitative estimate of drug-likeness (QED) is 0.623. The van der Waals surface area contributed by atoms with E-state index in [1.54, 1.807) is 47.1 Å². The average molecular weight is 300 g/mol. The van der Waals surface area contributed by atoms with Gasteiger partial charge in [-0.05, 0) is 6.07 Å². The highest BCUT2D eigenvalue weighted by atomic mass is 127. The monoisotopic (exact) mass is 300 g/mol. The van der Waals surface area contributed by atoms with Crippen molar-refractivity contribution in [3.05, 3.63) is 35.4 Å². The molecule has 2 amide bonds. The van der Waals surface area contributed by atoms with Crippen molar-refractivity contribution in [1.29, 1.82) is 0 Å². The molecule has 0 saturated heterocycles. The zero-order valence-electron chi connectivity index (χ0n) is 6.95. The van der Waals surface area contributed by atoms with Gasteiger partial charge in [-0.1, -0.05) is 18.2 Å². The van der Waals surface area contributed by atoms with Gasteiger partial charge in [0, 0.05) is 5.56 Å². The van der Waals surface area contributed by atoms with Crippen molar-refractivity contribution in [2.24, 2.45) is 4.99 Å². The first kappa shape index (κ1) is 9.32. The van der Waals surface area contributed by atoms with Crippen LogP contribution in [0.3, 0.4) is 0 Å². The fraction of sp³-hybridized carbons (Fsp3) is 0. The molecular formula is C9H5IN2O2. The lowest BCUT2D eigenvalue weighted by molar-refractivity contribution is -0.112. The summed E-state index contributed by atoms with van der Waals surface area (Å²) >= 11 is 1.72. The molecule has 1 aliphatic rings. The fourth-order valence-electron chi connectivity index (χ4n) is 1.32. The van der Waals surface area contributed by atoms with Gasteiger partial charge in [0.2, 0.25) is 0 Å². The summed E-state index contributed by atoms with van der Waals surface area (Å²) in [4.78, 5) is 26.3. The van der Waals surface area contributed by atoms with E-state index in [0.29, 0.717) is 11.1 Å². The third-order valence-electron chi connectivity index (χ3n) is 1.93. The third-order valence-corrected chi connectivity index (χ3v) is 2.42. The van der Waals surface area contributed by atoms with Gasteiger partial charge in [0.25, 0.3) is 11.8 Å². The molecule has 0 aliphatic carbocycles. The van der Waals surface area contributed by atoms with E-state index >= 15 is 0 Å². The molecule has 5 heteroatoms. The minimum atomic E-state index is -0.351. The number of nitrogens with one attached hydrogen (secondary N) is 1. The topological polar surface area (TPSA) is 58.5 Å². The van der Waals surface area contributed by atoms with Crippen molar-refractivity contribution in [1.82, 2.24) is 3.53 Å². The van der Waals surface area contributed by atoms with E-state index in [2.05, 4.69) is 8.52 Å². The van der Waals surface area contributed by atoms with Gasteiger partial charge in [0.1, 0.15) is 5.71 Å². The van der Waals surface area contributed by atoms with Crippen LogP contribution in [0.5, 0.6) is 0 Å². The number of benzene rings is 1. The van der Waals surface area contributed by atoms with Crippen LogP contribution in [0, 0.1) is 0 Å². The van der Waals surface area contributed by atoms with E-state index in [1.807, 2.05) is 0 Å². The molecule has 14 heavy (non-hydrogen) atoms. The van der Waals surface area contributed by atoms with Crippen molar-refractivity contribution in [2.75, 3.05) is 0 Å². The number of aliphatic imine (C=N–C) groups is 1. The molecule has 1 aromatic rings. The summed E-state index contributed by atoms with van der Waals surface area (Å²) in [6, 6.07) is 6.89. The van der Waals surface area contributed by atoms with E-state index in [-0.39, 0.29) is 17.5 Å². The molecule has 0 saturated carbocycles. The Balaban J connectivity index is 2.54. The number of carbonyl (C=O) groups is 2. The number of carbonyl (C=O) groups excluding carboxylic acids is 2. The van der Waals surface area contributed by atoms with Crippen LogP contribution in [0.1, 0.15) is 15.9 Å². The summed E-state index contributed by atoms with van der Waals surface area (Å²) in [6.45, 7) is 0. The summed E-state index contributed by atoms with van der Waals surface area (Å²) < 4.78 is 2.42. The number of hydrogen-bond acceptors (Lipinski definition) is 2. The van der Waals surface area contributed by atoms with Gasteiger partial charge in [0.05, 0.1) is 28.4 Å². The SMILES string of the molecule is O=C(NI)C1=NC(=O)c2ccccc21. The van der Waals surface area contributed by atoms with Gasteiger partial charge in [-0.25, -0.2) is 4.99 Å². The smallest absolute Gasteiger partial charge is 0.279 e. The summed E-state index contributed by atoms with van der Waals surface area (Å²) in [7, 11) is 0. The minimum Gasteiger partial charge on any atom is -0.293 e. The normalized spacial score (nSPS) is 13.5. The lowest BCUT2D eigenvalue weighted by Gasteiger charge is -1.98. The van der Waals surface area contributed by atoms with Crippen molar-refractivity contribution in [3.63, 3.8) is 0 Å². The largest absolute Gasteiger partial charge is 0.293 e. The molecule has 0 radical (unpaired) electrons. The van der Waals surface area contributed by atoms with Crippen molar-refractivity contribution in [3.8, 4) is 0 Å². The number of hydrogen-bond donors (Lipinski definition) is 1. The number of halogens is 1. The van der Waals surface area contributed by atoms with Gasteiger partial charge in [-0.15, -0.1) is 0 Å². The lowest BCUT2D eigenvalue weighted by Crippen LogP contribution is -2.23. The number of amides is 2. The maximum absolute atomic E-state index is 11.3. The molecule has 0 atom stereocenters. The summed E-state index contributed by atoms with van der Waals surface area (Å²) in [5, 5.41) is 0. The average Bonchev–Trinajstić information content (AvgIpc) is 2.56. The van der Waals surface area contributed by atoms with Gasteiger partial charge in [0.15, 0.2) is 0 Å². The van der Waals surface area contributed by atoms with E-state index < -0.39 is 0 Å². The van der Waals surface area contributed by atoms with E-state index in [9.17, 15) is 9.59 Å². The Hall–Kier alpha value is -1.24. The number of nitrogens with zero attached hydrogens (tertiary/aromatic N) is 1. The maximum Gasteiger partial charge on any atom is 0.279 e. The molecule has 70 valence electrons. The third kappa shape index (κ3) is 1.33. The predicted octanol–water partition coefficient (Wildman–Crippen LogP) is 1.10. The second-order valence-corrected chi connectivity index (χ2v) is 3.27. The Bertz CT molecular complexity index is 454. The van der Waals surface area contributed by atoms with Crippen LogP contribution >= 0.6 is 22.9 Å². The Morgan fingerprint density at radius 1 is 1.29 bits per heavy atom. The van der Waals surface area contributed by atoms with Gasteiger partial charge in [-0.2, -0.15) is 0 Å². The molecule has 0 bridgehead atoms. The molecule has 1 N–H and O–H groups in total. The van der Waals surface area contributed by atoms with Crippen LogP contribution in [-0.4, -0.2) is 17.5 Å². The highest BCUT2D eigenvalue weighted by Crippen LogP contribution is 2.18. The fourth-order valence-corrected chi connectivity index (χ4v) is 1.57. The van der Waals surface area contributed by atoms with E-state index in [1.165, 1.54) is 0 Å². The van der Waals surface area contributed by atoms with Crippen LogP contribution in [0.4, 0.5) is 0 Å². The lowest BCUT2D eigenvalue weighted by atomic mass is 10.1. The van der Waals surface area contributed by atoms with Gasteiger partial charge < -0.3 is 0 Å². The molecule has 4 nitrogen and oxygen atoms in total. The van der Waals surface area contributed by atoms with Gasteiger partial charge >= 0.3 is 0 Å². The standard InChI is InChI=1S/C9H5IN2O2/c10-12-9(14)7-5-3-1-2-4-6(5)8(13)11-7/h1-4H,(H,12,14). The summed E-state index contributed by atoms with van der Waals surface area (Å²) in [5.41, 5.74) is 1.29. The molecule has 1 aromatic carbocycles. The van der Waals surface area contributed by atoms with Crippen molar-refractivity contribution in [2.45, 2.75) is 0 Å². The Kier molecular flexibility index (Phi) is 2.32. The van der Waals surface area contributed by atoms with Crippen LogP contribution in [0.2, 0.25) is 0 Å². The maximum atomic E-state index is 11.3. The molecule has 0 unspecified atom stereocenters. The Morgan fingerprint density at radius 2 is 1.93 bits per heavy atom. The first-order chi connectivity index (χ1) is 6.74. The molecule has 0 fully saturated rings.